The summed E-state index contributed by atoms with van der Waals surface area (Å²) in [5.41, 5.74) is 1.37. The Kier molecular flexibility index (Phi) is 4.64. The average molecular weight is 353 g/mol. The molecule has 110 valence electrons. The number of furan rings is 1. The molecular formula is C14H13BrN2O4. The molecule has 0 aliphatic rings. The first-order chi connectivity index (χ1) is 9.97. The van der Waals surface area contributed by atoms with Crippen LogP contribution in [-0.4, -0.2) is 29.1 Å². The van der Waals surface area contributed by atoms with Gasteiger partial charge in [-0.15, -0.1) is 0 Å². The van der Waals surface area contributed by atoms with Crippen molar-refractivity contribution in [1.82, 2.24) is 4.90 Å². The van der Waals surface area contributed by atoms with Gasteiger partial charge in [0.2, 0.25) is 0 Å². The largest absolute Gasteiger partial charge is 0.478 e. The molecule has 0 unspecified atom stereocenters. The lowest BCUT2D eigenvalue weighted by molar-refractivity contribution is 0.0697. The van der Waals surface area contributed by atoms with Crippen molar-refractivity contribution in [3.05, 3.63) is 52.4 Å². The minimum Gasteiger partial charge on any atom is -0.478 e. The van der Waals surface area contributed by atoms with Crippen LogP contribution in [0.4, 0.5) is 10.5 Å². The number of anilines is 1. The Hall–Kier alpha value is -2.28. The molecule has 0 aliphatic carbocycles. The zero-order chi connectivity index (χ0) is 15.4. The van der Waals surface area contributed by atoms with Crippen molar-refractivity contribution in [3.63, 3.8) is 0 Å². The molecular weight excluding hydrogens is 340 g/mol. The first kappa shape index (κ1) is 15.1. The molecule has 21 heavy (non-hydrogen) atoms. The Morgan fingerprint density at radius 3 is 2.76 bits per heavy atom. The van der Waals surface area contributed by atoms with Gasteiger partial charge >= 0.3 is 12.0 Å². The molecule has 1 aromatic heterocycles. The second kappa shape index (κ2) is 6.45. The highest BCUT2D eigenvalue weighted by Gasteiger charge is 2.13. The van der Waals surface area contributed by atoms with Gasteiger partial charge < -0.3 is 19.7 Å². The summed E-state index contributed by atoms with van der Waals surface area (Å²) in [7, 11) is 1.64. The SMILES string of the molecule is CN(Cc1ccoc1)C(=O)Nc1cc(C(=O)O)ccc1Br. The molecule has 7 heteroatoms. The minimum absolute atomic E-state index is 0.103. The van der Waals surface area contributed by atoms with Crippen molar-refractivity contribution in [2.75, 3.05) is 12.4 Å². The van der Waals surface area contributed by atoms with E-state index in [9.17, 15) is 9.59 Å². The lowest BCUT2D eigenvalue weighted by Crippen LogP contribution is -2.30. The van der Waals surface area contributed by atoms with E-state index in [-0.39, 0.29) is 11.6 Å². The first-order valence-corrected chi connectivity index (χ1v) is 6.82. The van der Waals surface area contributed by atoms with E-state index < -0.39 is 5.97 Å². The normalized spacial score (nSPS) is 10.2. The summed E-state index contributed by atoms with van der Waals surface area (Å²) in [4.78, 5) is 24.5. The van der Waals surface area contributed by atoms with Gasteiger partial charge in [0.15, 0.2) is 0 Å². The Balaban J connectivity index is 2.08. The summed E-state index contributed by atoms with van der Waals surface area (Å²) in [6, 6.07) is 5.85. The number of aromatic carboxylic acids is 1. The molecule has 2 N–H and O–H groups in total. The molecule has 0 spiro atoms. The van der Waals surface area contributed by atoms with Gasteiger partial charge in [0.05, 0.1) is 30.3 Å². The molecule has 0 fully saturated rings. The summed E-state index contributed by atoms with van der Waals surface area (Å²) < 4.78 is 5.55. The van der Waals surface area contributed by atoms with Crippen LogP contribution in [0.2, 0.25) is 0 Å². The molecule has 0 saturated carbocycles. The number of carbonyl (C=O) groups excluding carboxylic acids is 1. The Morgan fingerprint density at radius 1 is 1.38 bits per heavy atom. The molecule has 0 saturated heterocycles. The van der Waals surface area contributed by atoms with E-state index in [1.54, 1.807) is 25.4 Å². The molecule has 2 aromatic rings. The van der Waals surface area contributed by atoms with E-state index in [2.05, 4.69) is 21.2 Å². The molecule has 6 nitrogen and oxygen atoms in total. The van der Waals surface area contributed by atoms with Gasteiger partial charge in [0.25, 0.3) is 0 Å². The van der Waals surface area contributed by atoms with Gasteiger partial charge in [-0.05, 0) is 40.2 Å². The van der Waals surface area contributed by atoms with Crippen LogP contribution in [0, 0.1) is 0 Å². The quantitative estimate of drug-likeness (QED) is 0.883. The number of nitrogens with zero attached hydrogens (tertiary/aromatic N) is 1. The molecule has 0 atom stereocenters. The van der Waals surface area contributed by atoms with E-state index in [1.165, 1.54) is 23.3 Å². The lowest BCUT2D eigenvalue weighted by Gasteiger charge is -2.18. The summed E-state index contributed by atoms with van der Waals surface area (Å²) >= 11 is 3.28. The van der Waals surface area contributed by atoms with E-state index in [0.29, 0.717) is 16.7 Å². The van der Waals surface area contributed by atoms with Crippen molar-refractivity contribution < 1.29 is 19.1 Å². The standard InChI is InChI=1S/C14H13BrN2O4/c1-17(7-9-4-5-21-8-9)14(20)16-12-6-10(13(18)19)2-3-11(12)15/h2-6,8H,7H2,1H3,(H,16,20)(H,18,19). The number of hydrogen-bond acceptors (Lipinski definition) is 3. The monoisotopic (exact) mass is 352 g/mol. The minimum atomic E-state index is -1.05. The fourth-order valence-electron chi connectivity index (χ4n) is 1.69. The Morgan fingerprint density at radius 2 is 2.14 bits per heavy atom. The number of carboxylic acids is 1. The van der Waals surface area contributed by atoms with Gasteiger partial charge in [-0.1, -0.05) is 0 Å². The molecule has 1 heterocycles. The predicted molar refractivity (Wildman–Crippen MR) is 80.3 cm³/mol. The van der Waals surface area contributed by atoms with Crippen molar-refractivity contribution in [2.24, 2.45) is 0 Å². The molecule has 1 aromatic carbocycles. The van der Waals surface area contributed by atoms with Crippen LogP contribution in [0.5, 0.6) is 0 Å². The number of halogens is 1. The van der Waals surface area contributed by atoms with E-state index in [1.807, 2.05) is 0 Å². The number of benzene rings is 1. The fraction of sp³-hybridized carbons (Fsp3) is 0.143. The summed E-state index contributed by atoms with van der Waals surface area (Å²) in [6.45, 7) is 0.387. The lowest BCUT2D eigenvalue weighted by atomic mass is 10.2. The van der Waals surface area contributed by atoms with Gasteiger partial charge in [0.1, 0.15) is 0 Å². The highest BCUT2D eigenvalue weighted by molar-refractivity contribution is 9.10. The molecule has 2 amide bonds. The van der Waals surface area contributed by atoms with Crippen LogP contribution in [0.1, 0.15) is 15.9 Å². The predicted octanol–water partition coefficient (Wildman–Crippen LogP) is 3.40. The molecule has 0 aliphatic heterocycles. The second-order valence-corrected chi connectivity index (χ2v) is 5.27. The van der Waals surface area contributed by atoms with Gasteiger partial charge in [-0.2, -0.15) is 0 Å². The van der Waals surface area contributed by atoms with Gasteiger partial charge in [-0.25, -0.2) is 9.59 Å². The third kappa shape index (κ3) is 3.85. The number of urea groups is 1. The van der Waals surface area contributed by atoms with Crippen LogP contribution in [0.3, 0.4) is 0 Å². The van der Waals surface area contributed by atoms with Crippen LogP contribution in [0.25, 0.3) is 0 Å². The first-order valence-electron chi connectivity index (χ1n) is 6.03. The highest BCUT2D eigenvalue weighted by Crippen LogP contribution is 2.24. The van der Waals surface area contributed by atoms with Crippen LogP contribution in [0.15, 0.2) is 45.7 Å². The van der Waals surface area contributed by atoms with Crippen LogP contribution < -0.4 is 5.32 Å². The van der Waals surface area contributed by atoms with Crippen LogP contribution >= 0.6 is 15.9 Å². The molecule has 2 rings (SSSR count). The van der Waals surface area contributed by atoms with E-state index >= 15 is 0 Å². The Labute approximate surface area is 129 Å². The zero-order valence-electron chi connectivity index (χ0n) is 11.2. The van der Waals surface area contributed by atoms with E-state index in [0.717, 1.165) is 5.56 Å². The van der Waals surface area contributed by atoms with Gasteiger partial charge in [-0.3, -0.25) is 0 Å². The zero-order valence-corrected chi connectivity index (χ0v) is 12.8. The molecule has 0 radical (unpaired) electrons. The number of carbonyl (C=O) groups is 2. The smallest absolute Gasteiger partial charge is 0.335 e. The number of carboxylic acid groups (broad SMARTS) is 1. The number of rotatable bonds is 4. The third-order valence-electron chi connectivity index (χ3n) is 2.80. The second-order valence-electron chi connectivity index (χ2n) is 4.42. The maximum Gasteiger partial charge on any atom is 0.335 e. The maximum atomic E-state index is 12.1. The summed E-state index contributed by atoms with van der Waals surface area (Å²) in [6.07, 6.45) is 3.10. The number of amides is 2. The van der Waals surface area contributed by atoms with Gasteiger partial charge in [0, 0.05) is 17.1 Å². The highest BCUT2D eigenvalue weighted by atomic mass is 79.9. The fourth-order valence-corrected chi connectivity index (χ4v) is 2.04. The van der Waals surface area contributed by atoms with Crippen molar-refractivity contribution in [3.8, 4) is 0 Å². The molecule has 0 bridgehead atoms. The van der Waals surface area contributed by atoms with E-state index in [4.69, 9.17) is 9.52 Å². The average Bonchev–Trinajstić information content (AvgIpc) is 2.93. The van der Waals surface area contributed by atoms with Crippen LogP contribution in [-0.2, 0) is 6.54 Å². The topological polar surface area (TPSA) is 82.8 Å². The van der Waals surface area contributed by atoms with Crippen molar-refractivity contribution in [1.29, 1.82) is 0 Å². The maximum absolute atomic E-state index is 12.1. The Bertz CT molecular complexity index is 655. The van der Waals surface area contributed by atoms with Crippen molar-refractivity contribution in [2.45, 2.75) is 6.54 Å². The van der Waals surface area contributed by atoms with Crippen molar-refractivity contribution >= 4 is 33.6 Å². The summed E-state index contributed by atoms with van der Waals surface area (Å²) in [5, 5.41) is 11.6. The summed E-state index contributed by atoms with van der Waals surface area (Å²) in [5.74, 6) is -1.05. The number of nitrogens with one attached hydrogen (secondary N) is 1. The number of hydrogen-bond donors (Lipinski definition) is 2. The third-order valence-corrected chi connectivity index (χ3v) is 3.49.